The van der Waals surface area contributed by atoms with Crippen molar-refractivity contribution in [2.24, 2.45) is 0 Å². The van der Waals surface area contributed by atoms with Crippen molar-refractivity contribution >= 4 is 11.8 Å². The maximum atomic E-state index is 4.13. The molecular weight excluding hydrogens is 238 g/mol. The van der Waals surface area contributed by atoms with Crippen LogP contribution in [0.15, 0.2) is 70.4 Å². The van der Waals surface area contributed by atoms with Gasteiger partial charge in [0.15, 0.2) is 0 Å². The summed E-state index contributed by atoms with van der Waals surface area (Å²) in [6.45, 7) is 12.2. The van der Waals surface area contributed by atoms with E-state index in [-0.39, 0.29) is 0 Å². The molecule has 2 rings (SSSR count). The molecule has 0 aromatic carbocycles. The summed E-state index contributed by atoms with van der Waals surface area (Å²) >= 11 is 1.85. The van der Waals surface area contributed by atoms with Crippen LogP contribution in [0.1, 0.15) is 26.7 Å². The Kier molecular flexibility index (Phi) is 3.97. The van der Waals surface area contributed by atoms with Crippen molar-refractivity contribution in [1.82, 2.24) is 4.90 Å². The maximum Gasteiger partial charge on any atom is 0.0551 e. The van der Waals surface area contributed by atoms with Crippen molar-refractivity contribution in [3.8, 4) is 0 Å². The highest BCUT2D eigenvalue weighted by Crippen LogP contribution is 2.44. The van der Waals surface area contributed by atoms with E-state index >= 15 is 0 Å². The van der Waals surface area contributed by atoms with Gasteiger partial charge in [0.2, 0.25) is 0 Å². The van der Waals surface area contributed by atoms with Crippen LogP contribution in [0.5, 0.6) is 0 Å². The summed E-state index contributed by atoms with van der Waals surface area (Å²) in [7, 11) is 0. The first-order valence-electron chi connectivity index (χ1n) is 6.21. The highest BCUT2D eigenvalue weighted by Gasteiger charge is 2.25. The zero-order valence-electron chi connectivity index (χ0n) is 11.1. The van der Waals surface area contributed by atoms with Crippen LogP contribution in [0.25, 0.3) is 0 Å². The largest absolute Gasteiger partial charge is 0.313 e. The van der Waals surface area contributed by atoms with Crippen LogP contribution in [0.2, 0.25) is 0 Å². The van der Waals surface area contributed by atoms with E-state index in [2.05, 4.69) is 49.3 Å². The van der Waals surface area contributed by atoms with Crippen LogP contribution in [0.3, 0.4) is 0 Å². The second-order valence-corrected chi connectivity index (χ2v) is 5.58. The van der Waals surface area contributed by atoms with E-state index < -0.39 is 0 Å². The molecule has 1 aliphatic carbocycles. The van der Waals surface area contributed by atoms with Crippen molar-refractivity contribution in [3.63, 3.8) is 0 Å². The molecule has 0 atom stereocenters. The van der Waals surface area contributed by atoms with E-state index in [1.165, 1.54) is 21.2 Å². The predicted molar refractivity (Wildman–Crippen MR) is 81.7 cm³/mol. The van der Waals surface area contributed by atoms with E-state index in [0.29, 0.717) is 0 Å². The van der Waals surface area contributed by atoms with Crippen molar-refractivity contribution in [1.29, 1.82) is 0 Å². The van der Waals surface area contributed by atoms with E-state index in [4.69, 9.17) is 0 Å². The van der Waals surface area contributed by atoms with Gasteiger partial charge in [0.25, 0.3) is 0 Å². The van der Waals surface area contributed by atoms with Gasteiger partial charge in [-0.3, -0.25) is 0 Å². The van der Waals surface area contributed by atoms with E-state index in [9.17, 15) is 0 Å². The van der Waals surface area contributed by atoms with Crippen molar-refractivity contribution < 1.29 is 0 Å². The molecule has 0 aromatic rings. The summed E-state index contributed by atoms with van der Waals surface area (Å²) in [4.78, 5) is 4.90. The standard InChI is InChI=1S/C16H19NS/c1-5-9-14-13(4)18-16-11-8-7-10-15(16)17(14)12(3)6-2/h5-6,8-9,11H,2-3,7,10H2,1,4H3. The third-order valence-electron chi connectivity index (χ3n) is 3.08. The highest BCUT2D eigenvalue weighted by molar-refractivity contribution is 8.07. The highest BCUT2D eigenvalue weighted by atomic mass is 32.2. The molecule has 0 aromatic heterocycles. The predicted octanol–water partition coefficient (Wildman–Crippen LogP) is 5.10. The normalized spacial score (nSPS) is 19.6. The van der Waals surface area contributed by atoms with Gasteiger partial charge in [0.05, 0.1) is 5.70 Å². The molecule has 1 aliphatic heterocycles. The van der Waals surface area contributed by atoms with Gasteiger partial charge in [-0.15, -0.1) is 0 Å². The fraction of sp³-hybridized carbons (Fsp3) is 0.250. The minimum Gasteiger partial charge on any atom is -0.313 e. The van der Waals surface area contributed by atoms with Crippen LogP contribution in [0, 0.1) is 0 Å². The summed E-state index contributed by atoms with van der Waals surface area (Å²) in [5.74, 6) is 0. The first-order valence-corrected chi connectivity index (χ1v) is 7.03. The molecule has 0 saturated heterocycles. The number of thioether (sulfide) groups is 1. The first-order chi connectivity index (χ1) is 8.69. The van der Waals surface area contributed by atoms with Crippen molar-refractivity contribution in [3.05, 3.63) is 70.4 Å². The molecule has 1 heterocycles. The fourth-order valence-electron chi connectivity index (χ4n) is 2.23. The van der Waals surface area contributed by atoms with Crippen LogP contribution < -0.4 is 0 Å². The first kappa shape index (κ1) is 13.0. The number of allylic oxidation sites excluding steroid dienone is 7. The average molecular weight is 257 g/mol. The van der Waals surface area contributed by atoms with Gasteiger partial charge < -0.3 is 4.90 Å². The molecule has 0 amide bonds. The van der Waals surface area contributed by atoms with Crippen LogP contribution in [-0.4, -0.2) is 4.90 Å². The van der Waals surface area contributed by atoms with Crippen molar-refractivity contribution in [2.45, 2.75) is 26.7 Å². The van der Waals surface area contributed by atoms with Crippen LogP contribution in [-0.2, 0) is 0 Å². The number of hydrogen-bond acceptors (Lipinski definition) is 2. The minimum absolute atomic E-state index is 0.950. The molecule has 18 heavy (non-hydrogen) atoms. The Morgan fingerprint density at radius 1 is 1.50 bits per heavy atom. The number of hydrogen-bond donors (Lipinski definition) is 0. The van der Waals surface area contributed by atoms with Crippen LogP contribution in [0.4, 0.5) is 0 Å². The maximum absolute atomic E-state index is 4.13. The van der Waals surface area contributed by atoms with Crippen molar-refractivity contribution in [2.75, 3.05) is 0 Å². The number of nitrogens with zero attached hydrogens (tertiary/aromatic N) is 1. The third kappa shape index (κ3) is 2.25. The zero-order valence-corrected chi connectivity index (χ0v) is 11.9. The monoisotopic (exact) mass is 257 g/mol. The summed E-state index contributed by atoms with van der Waals surface area (Å²) in [6.07, 6.45) is 12.7. The Hall–Kier alpha value is -1.41. The molecule has 94 valence electrons. The molecule has 0 radical (unpaired) electrons. The van der Waals surface area contributed by atoms with Gasteiger partial charge in [-0.2, -0.15) is 0 Å². The lowest BCUT2D eigenvalue weighted by atomic mass is 10.1. The quantitative estimate of drug-likeness (QED) is 0.647. The lowest BCUT2D eigenvalue weighted by molar-refractivity contribution is 0.524. The van der Waals surface area contributed by atoms with Gasteiger partial charge in [-0.25, -0.2) is 0 Å². The molecule has 0 N–H and O–H groups in total. The van der Waals surface area contributed by atoms with Gasteiger partial charge in [0, 0.05) is 21.2 Å². The molecule has 0 bridgehead atoms. The van der Waals surface area contributed by atoms with Gasteiger partial charge in [-0.05, 0) is 38.8 Å². The van der Waals surface area contributed by atoms with E-state index in [0.717, 1.165) is 18.5 Å². The average Bonchev–Trinajstić information content (AvgIpc) is 2.39. The van der Waals surface area contributed by atoms with E-state index in [1.807, 2.05) is 24.8 Å². The summed E-state index contributed by atoms with van der Waals surface area (Å²) in [6, 6.07) is 0. The molecule has 1 nitrogen and oxygen atoms in total. The third-order valence-corrected chi connectivity index (χ3v) is 4.19. The fourth-order valence-corrected chi connectivity index (χ4v) is 3.30. The lowest BCUT2D eigenvalue weighted by Gasteiger charge is -2.36. The smallest absolute Gasteiger partial charge is 0.0551 e. The van der Waals surface area contributed by atoms with Gasteiger partial charge >= 0.3 is 0 Å². The molecular formula is C16H19NS. The second-order valence-electron chi connectivity index (χ2n) is 4.33. The molecule has 0 saturated carbocycles. The minimum atomic E-state index is 0.950. The zero-order chi connectivity index (χ0) is 13.1. The van der Waals surface area contributed by atoms with Gasteiger partial charge in [0.1, 0.15) is 0 Å². The lowest BCUT2D eigenvalue weighted by Crippen LogP contribution is -2.24. The Labute approximate surface area is 114 Å². The molecule has 0 spiro atoms. The topological polar surface area (TPSA) is 3.24 Å². The van der Waals surface area contributed by atoms with Gasteiger partial charge in [-0.1, -0.05) is 43.1 Å². The number of rotatable bonds is 3. The molecule has 0 unspecified atom stereocenters. The summed E-state index contributed by atoms with van der Waals surface area (Å²) in [5.41, 5.74) is 3.53. The Morgan fingerprint density at radius 3 is 2.94 bits per heavy atom. The Balaban J connectivity index is 2.51. The van der Waals surface area contributed by atoms with E-state index in [1.54, 1.807) is 0 Å². The van der Waals surface area contributed by atoms with Crippen LogP contribution >= 0.6 is 11.8 Å². The Morgan fingerprint density at radius 2 is 2.28 bits per heavy atom. The molecule has 2 heteroatoms. The molecule has 0 fully saturated rings. The summed E-state index contributed by atoms with van der Waals surface area (Å²) in [5, 5.41) is 0. The summed E-state index contributed by atoms with van der Waals surface area (Å²) < 4.78 is 0. The molecule has 2 aliphatic rings. The second kappa shape index (κ2) is 5.49. The SMILES string of the molecule is C=CC(=C)N1C(C=CC)=C(C)SC2=C1CCC=C2. The Bertz CT molecular complexity index is 503.